The Morgan fingerprint density at radius 3 is 2.78 bits per heavy atom. The Labute approximate surface area is 106 Å². The quantitative estimate of drug-likeness (QED) is 0.509. The van der Waals surface area contributed by atoms with E-state index in [1.807, 2.05) is 0 Å². The predicted octanol–water partition coefficient (Wildman–Crippen LogP) is 1.73. The molecule has 106 valence electrons. The van der Waals surface area contributed by atoms with Gasteiger partial charge in [0.25, 0.3) is 0 Å². The molecule has 1 fully saturated rings. The van der Waals surface area contributed by atoms with Crippen LogP contribution in [0.4, 0.5) is 8.78 Å². The SMILES string of the molecule is CCCCOCCCNCC1CC(F)(F)C(=O)O1. The molecular formula is C12H21F2NO3. The molecule has 1 rings (SSSR count). The van der Waals surface area contributed by atoms with Crippen molar-refractivity contribution >= 4 is 5.97 Å². The van der Waals surface area contributed by atoms with Crippen molar-refractivity contribution in [2.45, 2.75) is 44.6 Å². The van der Waals surface area contributed by atoms with Crippen molar-refractivity contribution in [3.63, 3.8) is 0 Å². The highest BCUT2D eigenvalue weighted by Gasteiger charge is 2.50. The number of carbonyl (C=O) groups is 1. The minimum Gasteiger partial charge on any atom is -0.456 e. The molecule has 1 N–H and O–H groups in total. The molecule has 0 aromatic heterocycles. The number of esters is 1. The van der Waals surface area contributed by atoms with Crippen molar-refractivity contribution in [2.24, 2.45) is 0 Å². The molecule has 0 aliphatic carbocycles. The summed E-state index contributed by atoms with van der Waals surface area (Å²) in [5.41, 5.74) is 0. The highest BCUT2D eigenvalue weighted by atomic mass is 19.3. The van der Waals surface area contributed by atoms with Gasteiger partial charge in [0.2, 0.25) is 0 Å². The molecule has 0 saturated carbocycles. The van der Waals surface area contributed by atoms with E-state index in [2.05, 4.69) is 17.0 Å². The van der Waals surface area contributed by atoms with Crippen molar-refractivity contribution < 1.29 is 23.0 Å². The lowest BCUT2D eigenvalue weighted by Crippen LogP contribution is -2.28. The maximum atomic E-state index is 12.8. The van der Waals surface area contributed by atoms with Crippen LogP contribution in [0.1, 0.15) is 32.6 Å². The zero-order valence-corrected chi connectivity index (χ0v) is 10.7. The summed E-state index contributed by atoms with van der Waals surface area (Å²) in [6.45, 7) is 4.47. The third kappa shape index (κ3) is 5.27. The van der Waals surface area contributed by atoms with E-state index in [4.69, 9.17) is 4.74 Å². The summed E-state index contributed by atoms with van der Waals surface area (Å²) in [4.78, 5) is 10.7. The van der Waals surface area contributed by atoms with Crippen molar-refractivity contribution in [3.8, 4) is 0 Å². The van der Waals surface area contributed by atoms with Crippen LogP contribution in [0.2, 0.25) is 0 Å². The van der Waals surface area contributed by atoms with Gasteiger partial charge in [-0.1, -0.05) is 13.3 Å². The monoisotopic (exact) mass is 265 g/mol. The van der Waals surface area contributed by atoms with E-state index in [0.29, 0.717) is 13.2 Å². The van der Waals surface area contributed by atoms with Gasteiger partial charge in [-0.15, -0.1) is 0 Å². The summed E-state index contributed by atoms with van der Waals surface area (Å²) in [5, 5.41) is 2.99. The molecule has 0 aromatic carbocycles. The van der Waals surface area contributed by atoms with E-state index in [0.717, 1.165) is 25.9 Å². The minimum atomic E-state index is -3.31. The van der Waals surface area contributed by atoms with Gasteiger partial charge in [0, 0.05) is 19.8 Å². The number of nitrogens with one attached hydrogen (secondary N) is 1. The Morgan fingerprint density at radius 2 is 2.17 bits per heavy atom. The summed E-state index contributed by atoms with van der Waals surface area (Å²) >= 11 is 0. The number of unbranched alkanes of at least 4 members (excludes halogenated alkanes) is 1. The molecule has 1 unspecified atom stereocenters. The molecule has 6 heteroatoms. The molecular weight excluding hydrogens is 244 g/mol. The molecule has 1 heterocycles. The van der Waals surface area contributed by atoms with Gasteiger partial charge in [0.1, 0.15) is 6.10 Å². The van der Waals surface area contributed by atoms with Crippen LogP contribution >= 0.6 is 0 Å². The average molecular weight is 265 g/mol. The first-order valence-corrected chi connectivity index (χ1v) is 6.43. The second kappa shape index (κ2) is 7.63. The van der Waals surface area contributed by atoms with E-state index in [1.54, 1.807) is 0 Å². The lowest BCUT2D eigenvalue weighted by Gasteiger charge is -2.09. The van der Waals surface area contributed by atoms with Crippen LogP contribution in [-0.2, 0) is 14.3 Å². The number of carbonyl (C=O) groups excluding carboxylic acids is 1. The first-order chi connectivity index (χ1) is 8.56. The highest BCUT2D eigenvalue weighted by Crippen LogP contribution is 2.30. The second-order valence-corrected chi connectivity index (χ2v) is 4.46. The summed E-state index contributed by atoms with van der Waals surface area (Å²) in [5.74, 6) is -4.72. The standard InChI is InChI=1S/C12H21F2NO3/c1-2-3-6-17-7-4-5-15-9-10-8-12(13,14)11(16)18-10/h10,15H,2-9H2,1H3. The lowest BCUT2D eigenvalue weighted by atomic mass is 10.2. The fraction of sp³-hybridized carbons (Fsp3) is 0.917. The number of hydrogen-bond donors (Lipinski definition) is 1. The summed E-state index contributed by atoms with van der Waals surface area (Å²) in [7, 11) is 0. The van der Waals surface area contributed by atoms with Gasteiger partial charge in [-0.3, -0.25) is 0 Å². The number of cyclic esters (lactones) is 1. The van der Waals surface area contributed by atoms with Crippen molar-refractivity contribution in [2.75, 3.05) is 26.3 Å². The minimum absolute atomic E-state index is 0.274. The Balaban J connectivity index is 1.95. The molecule has 18 heavy (non-hydrogen) atoms. The number of hydrogen-bond acceptors (Lipinski definition) is 4. The fourth-order valence-corrected chi connectivity index (χ4v) is 1.67. The van der Waals surface area contributed by atoms with Gasteiger partial charge >= 0.3 is 11.9 Å². The maximum Gasteiger partial charge on any atom is 0.377 e. The first-order valence-electron chi connectivity index (χ1n) is 6.43. The van der Waals surface area contributed by atoms with Crippen LogP contribution in [0.3, 0.4) is 0 Å². The number of alkyl halides is 2. The number of halogens is 2. The zero-order valence-electron chi connectivity index (χ0n) is 10.7. The predicted molar refractivity (Wildman–Crippen MR) is 62.7 cm³/mol. The molecule has 0 spiro atoms. The third-order valence-electron chi connectivity index (χ3n) is 2.71. The first kappa shape index (κ1) is 15.3. The van der Waals surface area contributed by atoms with Gasteiger partial charge in [-0.05, 0) is 19.4 Å². The molecule has 1 aliphatic heterocycles. The Hall–Kier alpha value is -0.750. The van der Waals surface area contributed by atoms with Crippen LogP contribution in [0.5, 0.6) is 0 Å². The van der Waals surface area contributed by atoms with E-state index >= 15 is 0 Å². The largest absolute Gasteiger partial charge is 0.456 e. The number of rotatable bonds is 9. The summed E-state index contributed by atoms with van der Waals surface area (Å²) in [6.07, 6.45) is 1.75. The van der Waals surface area contributed by atoms with Gasteiger partial charge < -0.3 is 14.8 Å². The van der Waals surface area contributed by atoms with Gasteiger partial charge in [0.15, 0.2) is 0 Å². The molecule has 0 aromatic rings. The van der Waals surface area contributed by atoms with Crippen LogP contribution in [0.25, 0.3) is 0 Å². The fourth-order valence-electron chi connectivity index (χ4n) is 1.67. The van der Waals surface area contributed by atoms with Crippen LogP contribution in [0.15, 0.2) is 0 Å². The molecule has 0 amide bonds. The van der Waals surface area contributed by atoms with Crippen LogP contribution < -0.4 is 5.32 Å². The number of ether oxygens (including phenoxy) is 2. The van der Waals surface area contributed by atoms with Gasteiger partial charge in [0.05, 0.1) is 6.42 Å². The average Bonchev–Trinajstić information content (AvgIpc) is 2.56. The second-order valence-electron chi connectivity index (χ2n) is 4.46. The smallest absolute Gasteiger partial charge is 0.377 e. The van der Waals surface area contributed by atoms with E-state index in [9.17, 15) is 13.6 Å². The molecule has 0 radical (unpaired) electrons. The molecule has 1 atom stereocenters. The zero-order chi connectivity index (χ0) is 13.4. The highest BCUT2D eigenvalue weighted by molar-refractivity contribution is 5.79. The summed E-state index contributed by atoms with van der Waals surface area (Å²) in [6, 6.07) is 0. The normalized spacial score (nSPS) is 22.2. The molecule has 1 aliphatic rings. The Kier molecular flexibility index (Phi) is 6.49. The van der Waals surface area contributed by atoms with Crippen molar-refractivity contribution in [3.05, 3.63) is 0 Å². The third-order valence-corrected chi connectivity index (χ3v) is 2.71. The van der Waals surface area contributed by atoms with E-state index < -0.39 is 24.4 Å². The van der Waals surface area contributed by atoms with Crippen LogP contribution in [0, 0.1) is 0 Å². The Bertz CT molecular complexity index is 262. The Morgan fingerprint density at radius 1 is 1.44 bits per heavy atom. The van der Waals surface area contributed by atoms with Gasteiger partial charge in [-0.25, -0.2) is 4.79 Å². The molecule has 4 nitrogen and oxygen atoms in total. The van der Waals surface area contributed by atoms with Crippen molar-refractivity contribution in [1.82, 2.24) is 5.32 Å². The van der Waals surface area contributed by atoms with E-state index in [1.165, 1.54) is 0 Å². The molecule has 0 bridgehead atoms. The summed E-state index contributed by atoms with van der Waals surface area (Å²) < 4.78 is 35.5. The van der Waals surface area contributed by atoms with Crippen LogP contribution in [-0.4, -0.2) is 44.3 Å². The molecule has 1 saturated heterocycles. The van der Waals surface area contributed by atoms with Gasteiger partial charge in [-0.2, -0.15) is 8.78 Å². The maximum absolute atomic E-state index is 12.8. The van der Waals surface area contributed by atoms with Crippen molar-refractivity contribution in [1.29, 1.82) is 0 Å². The van der Waals surface area contributed by atoms with E-state index in [-0.39, 0.29) is 6.54 Å². The lowest BCUT2D eigenvalue weighted by molar-refractivity contribution is -0.159. The topological polar surface area (TPSA) is 47.6 Å².